The average Bonchev–Trinajstić information content (AvgIpc) is 2.49. The lowest BCUT2D eigenvalue weighted by Gasteiger charge is -2.42. The van der Waals surface area contributed by atoms with Gasteiger partial charge >= 0.3 is 9.05 Å². The lowest BCUT2D eigenvalue weighted by Crippen LogP contribution is -2.62. The Labute approximate surface area is 139 Å². The third-order valence-electron chi connectivity index (χ3n) is 3.56. The van der Waals surface area contributed by atoms with E-state index in [1.165, 1.54) is 0 Å². The van der Waals surface area contributed by atoms with Crippen LogP contribution in [-0.2, 0) is 27.2 Å². The van der Waals surface area contributed by atoms with Gasteiger partial charge in [-0.15, -0.1) is 13.2 Å². The Hall–Kier alpha value is -0.583. The fourth-order valence-corrected chi connectivity index (χ4v) is 4.55. The SMILES string of the molecule is C=CCOCC1CN2CCO[Si](OC)(O1)OC(COCC=C)C2. The van der Waals surface area contributed by atoms with E-state index >= 15 is 0 Å². The minimum atomic E-state index is -3.19. The summed E-state index contributed by atoms with van der Waals surface area (Å²) in [6.45, 7) is 12.0. The van der Waals surface area contributed by atoms with E-state index in [4.69, 9.17) is 27.2 Å². The van der Waals surface area contributed by atoms with Crippen molar-refractivity contribution in [2.45, 2.75) is 12.2 Å². The molecule has 2 unspecified atom stereocenters. The first-order chi connectivity index (χ1) is 11.2. The Morgan fingerprint density at radius 1 is 1.09 bits per heavy atom. The molecule has 0 aromatic heterocycles. The normalized spacial score (nSPS) is 34.4. The molecule has 7 nitrogen and oxygen atoms in total. The Morgan fingerprint density at radius 3 is 2.13 bits per heavy atom. The van der Waals surface area contributed by atoms with Gasteiger partial charge in [-0.05, 0) is 0 Å². The first kappa shape index (κ1) is 18.8. The molecule has 3 aliphatic rings. The van der Waals surface area contributed by atoms with Crippen LogP contribution in [0.4, 0.5) is 0 Å². The predicted octanol–water partition coefficient (Wildman–Crippen LogP) is 0.590. The molecule has 0 radical (unpaired) electrons. The molecule has 2 atom stereocenters. The van der Waals surface area contributed by atoms with Gasteiger partial charge in [0.15, 0.2) is 0 Å². The first-order valence-electron chi connectivity index (χ1n) is 7.85. The largest absolute Gasteiger partial charge is 0.680 e. The fraction of sp³-hybridized carbons (Fsp3) is 0.733. The van der Waals surface area contributed by atoms with Crippen LogP contribution in [0.25, 0.3) is 0 Å². The molecule has 3 fully saturated rings. The maximum atomic E-state index is 6.08. The molecule has 0 aromatic rings. The van der Waals surface area contributed by atoms with Gasteiger partial charge in [0, 0.05) is 26.7 Å². The summed E-state index contributed by atoms with van der Waals surface area (Å²) in [5.41, 5.74) is 0. The van der Waals surface area contributed by atoms with Crippen LogP contribution in [0.15, 0.2) is 25.3 Å². The van der Waals surface area contributed by atoms with Gasteiger partial charge in [-0.1, -0.05) is 12.2 Å². The highest BCUT2D eigenvalue weighted by atomic mass is 28.4. The van der Waals surface area contributed by atoms with Crippen molar-refractivity contribution in [3.63, 3.8) is 0 Å². The molecule has 23 heavy (non-hydrogen) atoms. The summed E-state index contributed by atoms with van der Waals surface area (Å²) in [7, 11) is -1.62. The predicted molar refractivity (Wildman–Crippen MR) is 86.9 cm³/mol. The van der Waals surface area contributed by atoms with Crippen LogP contribution >= 0.6 is 0 Å². The lowest BCUT2D eigenvalue weighted by molar-refractivity contribution is -0.135. The second kappa shape index (κ2) is 9.65. The van der Waals surface area contributed by atoms with Crippen molar-refractivity contribution in [1.29, 1.82) is 0 Å². The summed E-state index contributed by atoms with van der Waals surface area (Å²) < 4.78 is 34.6. The van der Waals surface area contributed by atoms with Gasteiger partial charge < -0.3 is 27.2 Å². The van der Waals surface area contributed by atoms with E-state index in [9.17, 15) is 0 Å². The van der Waals surface area contributed by atoms with Gasteiger partial charge in [0.1, 0.15) is 0 Å². The maximum Gasteiger partial charge on any atom is 0.680 e. The summed E-state index contributed by atoms with van der Waals surface area (Å²) in [6, 6.07) is 0. The molecule has 132 valence electrons. The van der Waals surface area contributed by atoms with Crippen molar-refractivity contribution in [3.8, 4) is 0 Å². The highest BCUT2D eigenvalue weighted by molar-refractivity contribution is 6.53. The highest BCUT2D eigenvalue weighted by Gasteiger charge is 2.52. The third-order valence-corrected chi connectivity index (χ3v) is 5.86. The quantitative estimate of drug-likeness (QED) is 0.344. The van der Waals surface area contributed by atoms with E-state index in [0.29, 0.717) is 33.0 Å². The Kier molecular flexibility index (Phi) is 7.87. The molecule has 8 heteroatoms. The summed E-state index contributed by atoms with van der Waals surface area (Å²) in [4.78, 5) is 2.25. The van der Waals surface area contributed by atoms with Crippen LogP contribution < -0.4 is 0 Å². The Bertz CT molecular complexity index is 357. The molecule has 0 saturated carbocycles. The number of fused-ring (bicyclic) bond motifs is 6. The van der Waals surface area contributed by atoms with Gasteiger partial charge in [0.25, 0.3) is 0 Å². The van der Waals surface area contributed by atoms with E-state index in [1.54, 1.807) is 19.3 Å². The fourth-order valence-electron chi connectivity index (χ4n) is 2.61. The zero-order valence-corrected chi connectivity index (χ0v) is 14.8. The van der Waals surface area contributed by atoms with Crippen LogP contribution in [0.2, 0.25) is 0 Å². The highest BCUT2D eigenvalue weighted by Crippen LogP contribution is 2.23. The van der Waals surface area contributed by atoms with Crippen molar-refractivity contribution in [2.75, 3.05) is 59.8 Å². The zero-order chi connectivity index (χ0) is 16.5. The third kappa shape index (κ3) is 5.77. The topological polar surface area (TPSA) is 58.6 Å². The molecule has 0 N–H and O–H groups in total. The number of rotatable bonds is 9. The standard InChI is InChI=1S/C15H27NO6Si/c1-4-7-18-12-14-10-16-6-9-20-23(17-3,21-14)22-15(11-16)13-19-8-5-2/h4-5,14-15H,1-2,6-13H2,3H3. The molecule has 0 amide bonds. The van der Waals surface area contributed by atoms with Crippen LogP contribution in [-0.4, -0.2) is 85.9 Å². The van der Waals surface area contributed by atoms with E-state index in [2.05, 4.69) is 18.1 Å². The number of hydrogen-bond donors (Lipinski definition) is 0. The van der Waals surface area contributed by atoms with Gasteiger partial charge in [0.05, 0.1) is 45.2 Å². The van der Waals surface area contributed by atoms with Gasteiger partial charge in [-0.25, -0.2) is 0 Å². The Morgan fingerprint density at radius 2 is 1.65 bits per heavy atom. The molecule has 3 heterocycles. The lowest BCUT2D eigenvalue weighted by atomic mass is 10.3. The van der Waals surface area contributed by atoms with Gasteiger partial charge in [0.2, 0.25) is 0 Å². The molecule has 3 saturated heterocycles. The number of nitrogens with zero attached hydrogens (tertiary/aromatic N) is 1. The first-order valence-corrected chi connectivity index (χ1v) is 9.49. The minimum Gasteiger partial charge on any atom is -0.375 e. The summed E-state index contributed by atoms with van der Waals surface area (Å²) in [5, 5.41) is 0. The van der Waals surface area contributed by atoms with Crippen molar-refractivity contribution in [1.82, 2.24) is 4.90 Å². The monoisotopic (exact) mass is 345 g/mol. The smallest absolute Gasteiger partial charge is 0.375 e. The van der Waals surface area contributed by atoms with E-state index in [-0.39, 0.29) is 12.2 Å². The van der Waals surface area contributed by atoms with Gasteiger partial charge in [-0.2, -0.15) is 0 Å². The van der Waals surface area contributed by atoms with Crippen LogP contribution in [0.5, 0.6) is 0 Å². The summed E-state index contributed by atoms with van der Waals surface area (Å²) in [6.07, 6.45) is 3.12. The van der Waals surface area contributed by atoms with Crippen molar-refractivity contribution in [3.05, 3.63) is 25.3 Å². The maximum absolute atomic E-state index is 6.08. The summed E-state index contributed by atoms with van der Waals surface area (Å²) >= 11 is 0. The zero-order valence-electron chi connectivity index (χ0n) is 13.8. The van der Waals surface area contributed by atoms with E-state index in [0.717, 1.165) is 19.6 Å². The van der Waals surface area contributed by atoms with E-state index < -0.39 is 9.05 Å². The van der Waals surface area contributed by atoms with Crippen LogP contribution in [0.1, 0.15) is 0 Å². The molecule has 2 bridgehead atoms. The molecule has 3 rings (SSSR count). The second-order valence-corrected chi connectivity index (χ2v) is 7.61. The Balaban J connectivity index is 2.02. The van der Waals surface area contributed by atoms with Crippen molar-refractivity contribution < 1.29 is 27.2 Å². The van der Waals surface area contributed by atoms with E-state index in [1.807, 2.05) is 0 Å². The molecular formula is C15H27NO6Si. The number of hydrogen-bond acceptors (Lipinski definition) is 7. The summed E-state index contributed by atoms with van der Waals surface area (Å²) in [5.74, 6) is 0. The minimum absolute atomic E-state index is 0.156. The van der Waals surface area contributed by atoms with Crippen molar-refractivity contribution in [2.24, 2.45) is 0 Å². The molecular weight excluding hydrogens is 318 g/mol. The molecule has 3 aliphatic heterocycles. The molecule has 0 aliphatic carbocycles. The van der Waals surface area contributed by atoms with Gasteiger partial charge in [-0.3, -0.25) is 4.90 Å². The number of ether oxygens (including phenoxy) is 2. The molecule has 0 aromatic carbocycles. The van der Waals surface area contributed by atoms with Crippen LogP contribution in [0, 0.1) is 0 Å². The van der Waals surface area contributed by atoms with Crippen molar-refractivity contribution >= 4 is 9.05 Å². The second-order valence-electron chi connectivity index (χ2n) is 5.44. The van der Waals surface area contributed by atoms with Crippen LogP contribution in [0.3, 0.4) is 0 Å². The molecule has 0 spiro atoms. The average molecular weight is 345 g/mol.